The molecular weight excluding hydrogens is 400 g/mol. The summed E-state index contributed by atoms with van der Waals surface area (Å²) in [6.07, 6.45) is 0. The number of anilines is 1. The van der Waals surface area contributed by atoms with Crippen molar-refractivity contribution in [2.24, 2.45) is 0 Å². The van der Waals surface area contributed by atoms with Gasteiger partial charge in [0, 0.05) is 5.75 Å². The Balaban J connectivity index is 1.45. The van der Waals surface area contributed by atoms with Crippen LogP contribution in [0.4, 0.5) is 13.9 Å². The highest BCUT2D eigenvalue weighted by Gasteiger charge is 2.18. The van der Waals surface area contributed by atoms with E-state index in [1.54, 1.807) is 0 Å². The first-order chi connectivity index (χ1) is 13.6. The normalized spacial score (nSPS) is 10.9. The zero-order valence-corrected chi connectivity index (χ0v) is 16.0. The lowest BCUT2D eigenvalue weighted by molar-refractivity contribution is 0.101. The average molecular weight is 413 g/mol. The summed E-state index contributed by atoms with van der Waals surface area (Å²) < 4.78 is 28.1. The number of nitrogens with zero attached hydrogens (tertiary/aromatic N) is 2. The highest BCUT2D eigenvalue weighted by Crippen LogP contribution is 2.31. The van der Waals surface area contributed by atoms with Crippen LogP contribution in [0.15, 0.2) is 65.0 Å². The van der Waals surface area contributed by atoms with Crippen LogP contribution in [0.5, 0.6) is 0 Å². The number of hydrogen-bond donors (Lipinski definition) is 1. The molecule has 28 heavy (non-hydrogen) atoms. The van der Waals surface area contributed by atoms with E-state index >= 15 is 0 Å². The van der Waals surface area contributed by atoms with Gasteiger partial charge in [-0.3, -0.25) is 10.1 Å². The van der Waals surface area contributed by atoms with Crippen molar-refractivity contribution in [1.82, 2.24) is 10.2 Å². The third kappa shape index (κ3) is 3.88. The van der Waals surface area contributed by atoms with Gasteiger partial charge >= 0.3 is 0 Å². The van der Waals surface area contributed by atoms with Crippen molar-refractivity contribution >= 4 is 44.9 Å². The molecule has 0 saturated heterocycles. The Morgan fingerprint density at radius 2 is 1.68 bits per heavy atom. The van der Waals surface area contributed by atoms with E-state index in [4.69, 9.17) is 0 Å². The first-order valence-corrected chi connectivity index (χ1v) is 10.1. The highest BCUT2D eigenvalue weighted by atomic mass is 32.2. The number of nitrogens with one attached hydrogen (secondary N) is 1. The number of halogens is 2. The van der Waals surface area contributed by atoms with E-state index in [0.717, 1.165) is 34.4 Å². The van der Waals surface area contributed by atoms with E-state index < -0.39 is 23.1 Å². The second-order valence-corrected chi connectivity index (χ2v) is 8.05. The van der Waals surface area contributed by atoms with Crippen LogP contribution >= 0.6 is 23.1 Å². The second-order valence-electron chi connectivity index (χ2n) is 5.85. The number of fused-ring (bicyclic) bond motifs is 1. The van der Waals surface area contributed by atoms with Crippen molar-refractivity contribution < 1.29 is 13.6 Å². The van der Waals surface area contributed by atoms with E-state index in [0.29, 0.717) is 10.1 Å². The number of hydrogen-bond acceptors (Lipinski definition) is 5. The minimum Gasteiger partial charge on any atom is -0.296 e. The Hall–Kier alpha value is -2.84. The predicted molar refractivity (Wildman–Crippen MR) is 108 cm³/mol. The van der Waals surface area contributed by atoms with Gasteiger partial charge in [0.1, 0.15) is 17.2 Å². The van der Waals surface area contributed by atoms with Crippen LogP contribution in [-0.2, 0) is 5.75 Å². The van der Waals surface area contributed by atoms with Crippen molar-refractivity contribution in [1.29, 1.82) is 0 Å². The Kier molecular flexibility index (Phi) is 5.31. The molecule has 1 N–H and O–H groups in total. The van der Waals surface area contributed by atoms with Gasteiger partial charge in [0.05, 0.1) is 0 Å². The first-order valence-electron chi connectivity index (χ1n) is 8.30. The molecule has 140 valence electrons. The van der Waals surface area contributed by atoms with Gasteiger partial charge in [-0.15, -0.1) is 10.2 Å². The van der Waals surface area contributed by atoms with Crippen LogP contribution in [0.25, 0.3) is 10.8 Å². The summed E-state index contributed by atoms with van der Waals surface area (Å²) in [6.45, 7) is 0. The largest absolute Gasteiger partial charge is 0.296 e. The summed E-state index contributed by atoms with van der Waals surface area (Å²) in [7, 11) is 0. The number of rotatable bonds is 5. The van der Waals surface area contributed by atoms with E-state index in [2.05, 4.69) is 39.8 Å². The molecule has 4 rings (SSSR count). The summed E-state index contributed by atoms with van der Waals surface area (Å²) in [4.78, 5) is 12.1. The summed E-state index contributed by atoms with van der Waals surface area (Å²) in [5.41, 5.74) is 0.528. The van der Waals surface area contributed by atoms with Crippen LogP contribution in [0.2, 0.25) is 0 Å². The molecule has 0 unspecified atom stereocenters. The number of thioether (sulfide) groups is 1. The number of benzene rings is 3. The van der Waals surface area contributed by atoms with Crippen molar-refractivity contribution in [2.75, 3.05) is 5.32 Å². The van der Waals surface area contributed by atoms with Gasteiger partial charge in [0.2, 0.25) is 5.13 Å². The van der Waals surface area contributed by atoms with Gasteiger partial charge in [-0.05, 0) is 28.5 Å². The molecule has 1 heterocycles. The lowest BCUT2D eigenvalue weighted by atomic mass is 10.1. The number of carbonyl (C=O) groups is 1. The van der Waals surface area contributed by atoms with Crippen molar-refractivity contribution in [3.8, 4) is 0 Å². The molecule has 4 aromatic rings. The first kappa shape index (κ1) is 18.5. The molecule has 0 saturated carbocycles. The van der Waals surface area contributed by atoms with Crippen LogP contribution in [0.1, 0.15) is 15.9 Å². The molecule has 8 heteroatoms. The minimum absolute atomic E-state index is 0.188. The number of carbonyl (C=O) groups excluding carboxylic acids is 1. The standard InChI is InChI=1S/C20H13F2N3OS2/c21-15-9-4-10-16(22)17(15)18(26)23-19-24-25-20(28-19)27-11-13-7-3-6-12-5-1-2-8-14(12)13/h1-10H,11H2,(H,23,24,26). The number of aromatic nitrogens is 2. The van der Waals surface area contributed by atoms with E-state index in [1.165, 1.54) is 23.2 Å². The Morgan fingerprint density at radius 1 is 0.964 bits per heavy atom. The molecule has 0 aliphatic rings. The molecule has 0 fully saturated rings. The second kappa shape index (κ2) is 8.04. The zero-order chi connectivity index (χ0) is 19.5. The van der Waals surface area contributed by atoms with Crippen molar-refractivity contribution in [2.45, 2.75) is 10.1 Å². The Labute approximate surface area is 167 Å². The molecule has 0 bridgehead atoms. The van der Waals surface area contributed by atoms with Gasteiger partial charge in [-0.2, -0.15) is 0 Å². The van der Waals surface area contributed by atoms with E-state index in [9.17, 15) is 13.6 Å². The maximum Gasteiger partial charge on any atom is 0.263 e. The van der Waals surface area contributed by atoms with Gasteiger partial charge in [-0.1, -0.05) is 71.6 Å². The van der Waals surface area contributed by atoms with Crippen molar-refractivity contribution in [3.05, 3.63) is 83.4 Å². The van der Waals surface area contributed by atoms with Crippen LogP contribution in [-0.4, -0.2) is 16.1 Å². The topological polar surface area (TPSA) is 54.9 Å². The Bertz CT molecular complexity index is 1140. The molecule has 0 radical (unpaired) electrons. The maximum atomic E-state index is 13.7. The third-order valence-corrected chi connectivity index (χ3v) is 6.07. The molecule has 1 aromatic heterocycles. The fourth-order valence-electron chi connectivity index (χ4n) is 2.75. The summed E-state index contributed by atoms with van der Waals surface area (Å²) in [6, 6.07) is 17.5. The molecule has 1 amide bonds. The monoisotopic (exact) mass is 413 g/mol. The van der Waals surface area contributed by atoms with Crippen LogP contribution in [0, 0.1) is 11.6 Å². The average Bonchev–Trinajstić information content (AvgIpc) is 3.13. The predicted octanol–water partition coefficient (Wildman–Crippen LogP) is 5.51. The SMILES string of the molecule is O=C(Nc1nnc(SCc2cccc3ccccc23)s1)c1c(F)cccc1F. The fourth-order valence-corrected chi connectivity index (χ4v) is 4.50. The van der Waals surface area contributed by atoms with E-state index in [-0.39, 0.29) is 5.13 Å². The molecule has 0 aliphatic carbocycles. The van der Waals surface area contributed by atoms with Gasteiger partial charge in [-0.25, -0.2) is 8.78 Å². The van der Waals surface area contributed by atoms with Gasteiger partial charge in [0.15, 0.2) is 4.34 Å². The maximum absolute atomic E-state index is 13.7. The quantitative estimate of drug-likeness (QED) is 0.346. The smallest absolute Gasteiger partial charge is 0.263 e. The van der Waals surface area contributed by atoms with Crippen molar-refractivity contribution in [3.63, 3.8) is 0 Å². The highest BCUT2D eigenvalue weighted by molar-refractivity contribution is 8.00. The van der Waals surface area contributed by atoms with Gasteiger partial charge < -0.3 is 0 Å². The summed E-state index contributed by atoms with van der Waals surface area (Å²) >= 11 is 2.64. The molecule has 0 atom stereocenters. The molecule has 0 aliphatic heterocycles. The lowest BCUT2D eigenvalue weighted by Gasteiger charge is -2.04. The van der Waals surface area contributed by atoms with Crippen LogP contribution < -0.4 is 5.32 Å². The van der Waals surface area contributed by atoms with Crippen LogP contribution in [0.3, 0.4) is 0 Å². The molecule has 0 spiro atoms. The van der Waals surface area contributed by atoms with Gasteiger partial charge in [0.25, 0.3) is 5.91 Å². The third-order valence-electron chi connectivity index (χ3n) is 4.05. The number of amides is 1. The minimum atomic E-state index is -0.924. The lowest BCUT2D eigenvalue weighted by Crippen LogP contribution is -2.15. The fraction of sp³-hybridized carbons (Fsp3) is 0.0500. The summed E-state index contributed by atoms with van der Waals surface area (Å²) in [5.74, 6) is -2.05. The Morgan fingerprint density at radius 3 is 2.50 bits per heavy atom. The molecular formula is C20H13F2N3OS2. The molecule has 4 nitrogen and oxygen atoms in total. The van der Waals surface area contributed by atoms with E-state index in [1.807, 2.05) is 18.2 Å². The zero-order valence-electron chi connectivity index (χ0n) is 14.4. The summed E-state index contributed by atoms with van der Waals surface area (Å²) in [5, 5.41) is 12.8. The molecule has 3 aromatic carbocycles.